The van der Waals surface area contributed by atoms with E-state index in [1.807, 2.05) is 12.1 Å². The molecule has 0 N–H and O–H groups in total. The predicted molar refractivity (Wildman–Crippen MR) is 123 cm³/mol. The third kappa shape index (κ3) is 3.23. The van der Waals surface area contributed by atoms with Crippen molar-refractivity contribution >= 4 is 11.4 Å². The van der Waals surface area contributed by atoms with E-state index in [0.717, 1.165) is 28.0 Å². The summed E-state index contributed by atoms with van der Waals surface area (Å²) in [4.78, 5) is 27.1. The lowest BCUT2D eigenvalue weighted by Crippen LogP contribution is -2.33. The highest BCUT2D eigenvalue weighted by molar-refractivity contribution is 6.00. The zero-order valence-corrected chi connectivity index (χ0v) is 18.7. The van der Waals surface area contributed by atoms with Gasteiger partial charge in [-0.2, -0.15) is 0 Å². The summed E-state index contributed by atoms with van der Waals surface area (Å²) in [6, 6.07) is 12.1. The number of carbonyl (C=O) groups is 1. The summed E-state index contributed by atoms with van der Waals surface area (Å²) in [5.74, 6) is 1.57. The number of hydrogen-bond acceptors (Lipinski definition) is 6. The van der Waals surface area contributed by atoms with Crippen molar-refractivity contribution in [2.75, 3.05) is 0 Å². The van der Waals surface area contributed by atoms with Gasteiger partial charge in [-0.05, 0) is 30.0 Å². The highest BCUT2D eigenvalue weighted by atomic mass is 16.5. The Labute approximate surface area is 191 Å². The number of rotatable bonds is 2. The first kappa shape index (κ1) is 19.8. The fraction of sp³-hybridized carbons (Fsp3) is 0.269. The van der Waals surface area contributed by atoms with Crippen molar-refractivity contribution in [1.82, 2.24) is 24.6 Å². The normalized spacial score (nSPS) is 19.2. The number of aromatic nitrogens is 5. The molecule has 0 spiro atoms. The van der Waals surface area contributed by atoms with Crippen molar-refractivity contribution in [1.29, 1.82) is 0 Å². The average molecular weight is 438 g/mol. The van der Waals surface area contributed by atoms with Crippen LogP contribution in [0.2, 0.25) is 0 Å². The van der Waals surface area contributed by atoms with Crippen LogP contribution in [0.1, 0.15) is 49.3 Å². The lowest BCUT2D eigenvalue weighted by atomic mass is 9.70. The van der Waals surface area contributed by atoms with Crippen molar-refractivity contribution in [2.45, 2.75) is 39.5 Å². The molecule has 0 fully saturated rings. The largest absolute Gasteiger partial charge is 0.442 e. The Morgan fingerprint density at radius 3 is 2.70 bits per heavy atom. The van der Waals surface area contributed by atoms with Crippen LogP contribution in [0.4, 0.5) is 0 Å². The van der Waals surface area contributed by atoms with Gasteiger partial charge in [-0.3, -0.25) is 9.78 Å². The van der Waals surface area contributed by atoms with E-state index < -0.39 is 0 Å². The molecule has 1 aliphatic carbocycles. The number of aryl methyl sites for hydroxylation is 1. The molecule has 2 aliphatic rings. The molecule has 0 radical (unpaired) electrons. The van der Waals surface area contributed by atoms with Crippen LogP contribution in [0.15, 0.2) is 66.5 Å². The topological polar surface area (TPSA) is 82.3 Å². The molecule has 4 heterocycles. The van der Waals surface area contributed by atoms with Crippen molar-refractivity contribution < 1.29 is 9.53 Å². The Morgan fingerprint density at radius 2 is 1.94 bits per heavy atom. The second-order valence-corrected chi connectivity index (χ2v) is 9.63. The van der Waals surface area contributed by atoms with Crippen LogP contribution < -0.4 is 4.74 Å². The zero-order valence-electron chi connectivity index (χ0n) is 18.7. The molecule has 1 atom stereocenters. The molecule has 0 saturated carbocycles. The van der Waals surface area contributed by atoms with Crippen LogP contribution in [0.3, 0.4) is 0 Å². The molecule has 6 rings (SSSR count). The molecule has 4 aromatic rings. The summed E-state index contributed by atoms with van der Waals surface area (Å²) in [6.07, 6.45) is 6.24. The Morgan fingerprint density at radius 1 is 1.12 bits per heavy atom. The molecule has 164 valence electrons. The highest BCUT2D eigenvalue weighted by Crippen LogP contribution is 2.50. The van der Waals surface area contributed by atoms with Gasteiger partial charge in [-0.25, -0.2) is 14.5 Å². The number of pyridine rings is 1. The maximum absolute atomic E-state index is 13.5. The standard InChI is InChI=1S/C26H23N5O2/c1-15-6-8-16(9-7-15)20-21-18(32)11-26(2,3)12-19(21)33-25-22(20)24-29-23(30-31(24)14-28-25)17-5-4-10-27-13-17/h4-10,13-14,20H,11-12H2,1-3H3/t20-/m1/s1. The van der Waals surface area contributed by atoms with E-state index in [2.05, 4.69) is 60.1 Å². The van der Waals surface area contributed by atoms with E-state index in [4.69, 9.17) is 9.72 Å². The third-order valence-corrected chi connectivity index (χ3v) is 6.39. The molecule has 0 saturated heterocycles. The molecular formula is C26H23N5O2. The average Bonchev–Trinajstić information content (AvgIpc) is 3.23. The fourth-order valence-corrected chi connectivity index (χ4v) is 4.86. The smallest absolute Gasteiger partial charge is 0.228 e. The number of carbonyl (C=O) groups excluding carboxylic acids is 1. The van der Waals surface area contributed by atoms with Crippen molar-refractivity contribution in [2.24, 2.45) is 5.41 Å². The number of allylic oxidation sites excluding steroid dienone is 2. The van der Waals surface area contributed by atoms with Crippen LogP contribution in [-0.2, 0) is 4.79 Å². The number of benzene rings is 1. The van der Waals surface area contributed by atoms with Gasteiger partial charge in [-0.1, -0.05) is 43.7 Å². The first-order valence-electron chi connectivity index (χ1n) is 11.1. The first-order chi connectivity index (χ1) is 15.9. The van der Waals surface area contributed by atoms with Gasteiger partial charge in [0.05, 0.1) is 5.56 Å². The summed E-state index contributed by atoms with van der Waals surface area (Å²) in [6.45, 7) is 6.26. The summed E-state index contributed by atoms with van der Waals surface area (Å²) in [5, 5.41) is 4.63. The lowest BCUT2D eigenvalue weighted by Gasteiger charge is -2.37. The van der Waals surface area contributed by atoms with Gasteiger partial charge < -0.3 is 4.74 Å². The molecule has 1 aromatic carbocycles. The van der Waals surface area contributed by atoms with Crippen molar-refractivity contribution in [3.63, 3.8) is 0 Å². The molecule has 0 amide bonds. The van der Waals surface area contributed by atoms with Crippen molar-refractivity contribution in [3.05, 3.63) is 83.1 Å². The third-order valence-electron chi connectivity index (χ3n) is 6.39. The Kier molecular flexibility index (Phi) is 4.24. The quantitative estimate of drug-likeness (QED) is 0.454. The van der Waals surface area contributed by atoms with E-state index >= 15 is 0 Å². The van der Waals surface area contributed by atoms with Gasteiger partial charge in [0.15, 0.2) is 17.3 Å². The maximum Gasteiger partial charge on any atom is 0.228 e. The van der Waals surface area contributed by atoms with E-state index in [9.17, 15) is 4.79 Å². The van der Waals surface area contributed by atoms with Crippen molar-refractivity contribution in [3.8, 4) is 17.3 Å². The van der Waals surface area contributed by atoms with Gasteiger partial charge in [0.2, 0.25) is 5.88 Å². The maximum atomic E-state index is 13.5. The fourth-order valence-electron chi connectivity index (χ4n) is 4.86. The Hall–Kier alpha value is -3.87. The second kappa shape index (κ2) is 7.07. The minimum atomic E-state index is -0.310. The van der Waals surface area contributed by atoms with Gasteiger partial charge in [0.25, 0.3) is 0 Å². The molecule has 7 heteroatoms. The molecule has 0 unspecified atom stereocenters. The minimum Gasteiger partial charge on any atom is -0.442 e. The second-order valence-electron chi connectivity index (χ2n) is 9.63. The highest BCUT2D eigenvalue weighted by Gasteiger charge is 2.43. The number of ether oxygens (including phenoxy) is 1. The first-order valence-corrected chi connectivity index (χ1v) is 11.1. The molecule has 1 aliphatic heterocycles. The number of fused-ring (bicyclic) bond motifs is 3. The van der Waals surface area contributed by atoms with Crippen LogP contribution in [0.25, 0.3) is 17.0 Å². The monoisotopic (exact) mass is 437 g/mol. The number of ketones is 1. The lowest BCUT2D eigenvalue weighted by molar-refractivity contribution is -0.118. The number of hydrogen-bond donors (Lipinski definition) is 0. The van der Waals surface area contributed by atoms with E-state index in [1.165, 1.54) is 0 Å². The van der Waals surface area contributed by atoms with E-state index in [0.29, 0.717) is 35.8 Å². The van der Waals surface area contributed by atoms with Crippen LogP contribution >= 0.6 is 0 Å². The summed E-state index contributed by atoms with van der Waals surface area (Å²) < 4.78 is 7.96. The number of nitrogens with zero attached hydrogens (tertiary/aromatic N) is 5. The minimum absolute atomic E-state index is 0.117. The molecule has 33 heavy (non-hydrogen) atoms. The summed E-state index contributed by atoms with van der Waals surface area (Å²) >= 11 is 0. The number of Topliss-reactive ketones (excluding diaryl/α,β-unsaturated/α-hetero) is 1. The van der Waals surface area contributed by atoms with Crippen LogP contribution in [0.5, 0.6) is 5.88 Å². The predicted octanol–water partition coefficient (Wildman–Crippen LogP) is 4.66. The van der Waals surface area contributed by atoms with E-state index in [1.54, 1.807) is 23.2 Å². The van der Waals surface area contributed by atoms with Crippen LogP contribution in [0, 0.1) is 12.3 Å². The molecule has 0 bridgehead atoms. The summed E-state index contributed by atoms with van der Waals surface area (Å²) in [7, 11) is 0. The van der Waals surface area contributed by atoms with Gasteiger partial charge in [0, 0.05) is 42.3 Å². The molecule has 3 aromatic heterocycles. The molecular weight excluding hydrogens is 414 g/mol. The zero-order chi connectivity index (χ0) is 22.7. The summed E-state index contributed by atoms with van der Waals surface area (Å²) in [5.41, 5.74) is 4.96. The van der Waals surface area contributed by atoms with Gasteiger partial charge >= 0.3 is 0 Å². The Bertz CT molecular complexity index is 1440. The van der Waals surface area contributed by atoms with Crippen LogP contribution in [-0.4, -0.2) is 30.3 Å². The van der Waals surface area contributed by atoms with Gasteiger partial charge in [0.1, 0.15) is 12.1 Å². The molecule has 7 nitrogen and oxygen atoms in total. The SMILES string of the molecule is Cc1ccc([C@@H]2C3=C(CC(C)(C)CC3=O)Oc3ncn4nc(-c5cccnc5)nc4c32)cc1. The Balaban J connectivity index is 1.61. The van der Waals surface area contributed by atoms with Gasteiger partial charge in [-0.15, -0.1) is 5.10 Å². The van der Waals surface area contributed by atoms with E-state index in [-0.39, 0.29) is 17.1 Å².